The average Bonchev–Trinajstić information content (AvgIpc) is 2.35. The molecule has 0 atom stereocenters. The molecule has 114 valence electrons. The van der Waals surface area contributed by atoms with E-state index in [9.17, 15) is 13.2 Å². The lowest BCUT2D eigenvalue weighted by atomic mass is 10.2. The summed E-state index contributed by atoms with van der Waals surface area (Å²) in [6, 6.07) is 5.39. The van der Waals surface area contributed by atoms with Gasteiger partial charge in [0.05, 0.1) is 18.2 Å². The summed E-state index contributed by atoms with van der Waals surface area (Å²) in [5.41, 5.74) is 0.899. The predicted octanol–water partition coefficient (Wildman–Crippen LogP) is 3.41. The predicted molar refractivity (Wildman–Crippen MR) is 71.2 cm³/mol. The fourth-order valence-electron chi connectivity index (χ4n) is 1.57. The summed E-state index contributed by atoms with van der Waals surface area (Å²) in [4.78, 5) is 0. The van der Waals surface area contributed by atoms with E-state index in [-0.39, 0.29) is 13.2 Å². The Morgan fingerprint density at radius 3 is 2.65 bits per heavy atom. The molecule has 1 aromatic rings. The van der Waals surface area contributed by atoms with Gasteiger partial charge in [-0.2, -0.15) is 13.2 Å². The molecule has 1 aromatic carbocycles. The Labute approximate surface area is 121 Å². The van der Waals surface area contributed by atoms with Crippen LogP contribution in [0.2, 0.25) is 5.02 Å². The van der Waals surface area contributed by atoms with Crippen molar-refractivity contribution < 1.29 is 22.6 Å². The van der Waals surface area contributed by atoms with Crippen LogP contribution in [0, 0.1) is 0 Å². The van der Waals surface area contributed by atoms with Crippen molar-refractivity contribution in [2.45, 2.75) is 19.1 Å². The Balaban J connectivity index is 2.35. The van der Waals surface area contributed by atoms with Gasteiger partial charge in [-0.05, 0) is 13.1 Å². The summed E-state index contributed by atoms with van der Waals surface area (Å²) in [7, 11) is 1.80. The van der Waals surface area contributed by atoms with Crippen molar-refractivity contribution in [1.82, 2.24) is 5.32 Å². The highest BCUT2D eigenvalue weighted by Crippen LogP contribution is 2.28. The molecule has 0 saturated heterocycles. The summed E-state index contributed by atoms with van der Waals surface area (Å²) in [5, 5.41) is 3.47. The molecule has 0 unspecified atom stereocenters. The third-order valence-corrected chi connectivity index (χ3v) is 2.66. The van der Waals surface area contributed by atoms with Crippen molar-refractivity contribution in [2.75, 3.05) is 26.9 Å². The number of para-hydroxylation sites is 1. The second-order valence-corrected chi connectivity index (χ2v) is 4.54. The number of rotatable bonds is 8. The van der Waals surface area contributed by atoms with Crippen LogP contribution in [0.25, 0.3) is 0 Å². The van der Waals surface area contributed by atoms with Gasteiger partial charge in [0.25, 0.3) is 0 Å². The molecule has 0 heterocycles. The van der Waals surface area contributed by atoms with Crippen molar-refractivity contribution in [3.63, 3.8) is 0 Å². The summed E-state index contributed by atoms with van der Waals surface area (Å²) in [6.45, 7) is -0.395. The third kappa shape index (κ3) is 6.45. The first-order chi connectivity index (χ1) is 9.44. The first-order valence-corrected chi connectivity index (χ1v) is 6.51. The van der Waals surface area contributed by atoms with E-state index in [1.165, 1.54) is 0 Å². The number of benzene rings is 1. The fraction of sp³-hybridized carbons (Fsp3) is 0.538. The smallest absolute Gasteiger partial charge is 0.411 e. The van der Waals surface area contributed by atoms with Crippen molar-refractivity contribution >= 4 is 11.6 Å². The lowest BCUT2D eigenvalue weighted by Gasteiger charge is -2.13. The van der Waals surface area contributed by atoms with Gasteiger partial charge in [0.15, 0.2) is 0 Å². The lowest BCUT2D eigenvalue weighted by molar-refractivity contribution is -0.174. The Morgan fingerprint density at radius 2 is 2.00 bits per heavy atom. The maximum Gasteiger partial charge on any atom is 0.411 e. The van der Waals surface area contributed by atoms with Crippen LogP contribution in [-0.4, -0.2) is 33.0 Å². The Bertz CT molecular complexity index is 413. The number of hydrogen-bond donors (Lipinski definition) is 1. The van der Waals surface area contributed by atoms with Crippen LogP contribution in [-0.2, 0) is 11.3 Å². The highest BCUT2D eigenvalue weighted by Gasteiger charge is 2.27. The molecule has 0 radical (unpaired) electrons. The van der Waals surface area contributed by atoms with Gasteiger partial charge in [0, 0.05) is 18.5 Å². The summed E-state index contributed by atoms with van der Waals surface area (Å²) < 4.78 is 45.5. The molecule has 0 aliphatic carbocycles. The minimum atomic E-state index is -4.29. The SMILES string of the molecule is CNCc1cccc(Cl)c1OCCCOCC(F)(F)F. The van der Waals surface area contributed by atoms with Gasteiger partial charge in [-0.25, -0.2) is 0 Å². The van der Waals surface area contributed by atoms with Crippen LogP contribution in [0.4, 0.5) is 13.2 Å². The van der Waals surface area contributed by atoms with E-state index in [1.54, 1.807) is 13.1 Å². The van der Waals surface area contributed by atoms with Crippen LogP contribution in [0.15, 0.2) is 18.2 Å². The molecule has 0 aliphatic heterocycles. The molecule has 1 N–H and O–H groups in total. The van der Waals surface area contributed by atoms with Gasteiger partial charge in [-0.1, -0.05) is 23.7 Å². The van der Waals surface area contributed by atoms with E-state index >= 15 is 0 Å². The van der Waals surface area contributed by atoms with E-state index in [2.05, 4.69) is 10.1 Å². The van der Waals surface area contributed by atoms with Crippen LogP contribution in [0.1, 0.15) is 12.0 Å². The van der Waals surface area contributed by atoms with Crippen molar-refractivity contribution in [3.05, 3.63) is 28.8 Å². The molecule has 3 nitrogen and oxygen atoms in total. The first kappa shape index (κ1) is 17.1. The maximum absolute atomic E-state index is 11.8. The fourth-order valence-corrected chi connectivity index (χ4v) is 1.82. The standard InChI is InChI=1S/C13H17ClF3NO2/c1-18-8-10-4-2-5-11(14)12(10)20-7-3-6-19-9-13(15,16)17/h2,4-5,18H,3,6-9H2,1H3. The number of ether oxygens (including phenoxy) is 2. The maximum atomic E-state index is 11.8. The Hall–Kier alpha value is -0.980. The first-order valence-electron chi connectivity index (χ1n) is 6.13. The van der Waals surface area contributed by atoms with Crippen LogP contribution < -0.4 is 10.1 Å². The van der Waals surface area contributed by atoms with Gasteiger partial charge in [-0.15, -0.1) is 0 Å². The summed E-state index contributed by atoms with van der Waals surface area (Å²) in [6.07, 6.45) is -3.93. The molecular weight excluding hydrogens is 295 g/mol. The van der Waals surface area contributed by atoms with E-state index in [0.717, 1.165) is 5.56 Å². The second kappa shape index (κ2) is 8.34. The molecule has 7 heteroatoms. The molecule has 0 aliphatic rings. The Kier molecular flexibility index (Phi) is 7.12. The van der Waals surface area contributed by atoms with E-state index in [0.29, 0.717) is 23.7 Å². The minimum Gasteiger partial charge on any atom is -0.492 e. The second-order valence-electron chi connectivity index (χ2n) is 4.13. The number of nitrogens with one attached hydrogen (secondary N) is 1. The average molecular weight is 312 g/mol. The van der Waals surface area contributed by atoms with Gasteiger partial charge >= 0.3 is 6.18 Å². The van der Waals surface area contributed by atoms with Gasteiger partial charge in [0.1, 0.15) is 12.4 Å². The lowest BCUT2D eigenvalue weighted by Crippen LogP contribution is -2.18. The molecular formula is C13H17ClF3NO2. The van der Waals surface area contributed by atoms with E-state index in [1.807, 2.05) is 12.1 Å². The van der Waals surface area contributed by atoms with Crippen molar-refractivity contribution in [2.24, 2.45) is 0 Å². The van der Waals surface area contributed by atoms with E-state index in [4.69, 9.17) is 16.3 Å². The van der Waals surface area contributed by atoms with Crippen LogP contribution >= 0.6 is 11.6 Å². The molecule has 0 saturated carbocycles. The molecule has 1 rings (SSSR count). The van der Waals surface area contributed by atoms with Crippen molar-refractivity contribution in [3.8, 4) is 5.75 Å². The van der Waals surface area contributed by atoms with Crippen molar-refractivity contribution in [1.29, 1.82) is 0 Å². The zero-order valence-corrected chi connectivity index (χ0v) is 11.9. The number of halogens is 4. The normalized spacial score (nSPS) is 11.7. The molecule has 0 aromatic heterocycles. The number of alkyl halides is 3. The Morgan fingerprint density at radius 1 is 1.25 bits per heavy atom. The molecule has 0 amide bonds. The zero-order valence-electron chi connectivity index (χ0n) is 11.1. The third-order valence-electron chi connectivity index (χ3n) is 2.36. The highest BCUT2D eigenvalue weighted by molar-refractivity contribution is 6.32. The minimum absolute atomic E-state index is 0.00861. The van der Waals surface area contributed by atoms with E-state index < -0.39 is 12.8 Å². The molecule has 0 spiro atoms. The van der Waals surface area contributed by atoms with Gasteiger partial charge in [-0.3, -0.25) is 0 Å². The zero-order chi connectivity index (χ0) is 15.0. The summed E-state index contributed by atoms with van der Waals surface area (Å²) >= 11 is 6.03. The highest BCUT2D eigenvalue weighted by atomic mass is 35.5. The molecule has 0 bridgehead atoms. The largest absolute Gasteiger partial charge is 0.492 e. The molecule has 20 heavy (non-hydrogen) atoms. The van der Waals surface area contributed by atoms with Gasteiger partial charge < -0.3 is 14.8 Å². The monoisotopic (exact) mass is 311 g/mol. The molecule has 0 fully saturated rings. The van der Waals surface area contributed by atoms with Crippen LogP contribution in [0.3, 0.4) is 0 Å². The summed E-state index contributed by atoms with van der Waals surface area (Å²) in [5.74, 6) is 0.555. The topological polar surface area (TPSA) is 30.5 Å². The van der Waals surface area contributed by atoms with Crippen LogP contribution in [0.5, 0.6) is 5.75 Å². The van der Waals surface area contributed by atoms with Gasteiger partial charge in [0.2, 0.25) is 0 Å². The quantitative estimate of drug-likeness (QED) is 0.746. The number of hydrogen-bond acceptors (Lipinski definition) is 3.